The Balaban J connectivity index is 1.05. The third-order valence-electron chi connectivity index (χ3n) is 18.7. The van der Waals surface area contributed by atoms with Crippen LogP contribution in [0.15, 0.2) is 59.7 Å². The minimum absolute atomic E-state index is 0.0195. The van der Waals surface area contributed by atoms with Crippen LogP contribution in [0.1, 0.15) is 143 Å². The van der Waals surface area contributed by atoms with Crippen molar-refractivity contribution in [1.29, 1.82) is 0 Å². The monoisotopic (exact) mass is 807 g/mol. The smallest absolute Gasteiger partial charge is 0.159 e. The number of Topliss-reactive ketones (excluding diaryl/α,β-unsaturated/α-hetero) is 2. The zero-order valence-electron chi connectivity index (χ0n) is 36.9. The standard InChI is InChI=1S/C51H70N2O6/c1-29(22-38(56)42-49(8,59-42)36-17-11-16-35(36)31-12-9-14-33(52)23-31)41-37-18-19-40-46(5)27-50(32-13-10-15-34(55)24-32)20-21-51(53-26-30(2)54,43(46)45(3,4)44(50)58)28-48(40,7)47(37,6)25-39(41)57/h9-10,12-15,23-24,29-30,35-36,38,40,42-43,53-56H,11,16-22,25-28,52H2,1-8H3/t29-,30+,35+,36+,38-,40?,42+,43+,46-,47+,48+,49-,50-,51+/m1/s1. The van der Waals surface area contributed by atoms with E-state index in [-0.39, 0.29) is 52.0 Å². The Kier molecular flexibility index (Phi) is 9.44. The van der Waals surface area contributed by atoms with Crippen LogP contribution in [0, 0.1) is 45.3 Å². The lowest BCUT2D eigenvalue weighted by Crippen LogP contribution is -2.74. The molecule has 14 atom stereocenters. The van der Waals surface area contributed by atoms with E-state index < -0.39 is 39.6 Å². The summed E-state index contributed by atoms with van der Waals surface area (Å²) in [7, 11) is 0. The molecular weight excluding hydrogens is 737 g/mol. The largest absolute Gasteiger partial charge is 0.508 e. The van der Waals surface area contributed by atoms with Crippen molar-refractivity contribution in [3.05, 3.63) is 70.8 Å². The van der Waals surface area contributed by atoms with Gasteiger partial charge in [-0.1, -0.05) is 77.8 Å². The van der Waals surface area contributed by atoms with Crippen LogP contribution in [0.5, 0.6) is 5.75 Å². The highest BCUT2D eigenvalue weighted by Gasteiger charge is 2.78. The molecule has 1 unspecified atom stereocenters. The molecule has 1 heterocycles. The summed E-state index contributed by atoms with van der Waals surface area (Å²) in [6.07, 6.45) is 7.46. The number of aromatic hydroxyl groups is 1. The zero-order valence-corrected chi connectivity index (χ0v) is 36.9. The van der Waals surface area contributed by atoms with Gasteiger partial charge in [0.15, 0.2) is 5.78 Å². The lowest BCUT2D eigenvalue weighted by molar-refractivity contribution is -0.213. The van der Waals surface area contributed by atoms with Gasteiger partial charge >= 0.3 is 0 Å². The fourth-order valence-electron chi connectivity index (χ4n) is 16.8. The van der Waals surface area contributed by atoms with Gasteiger partial charge in [-0.15, -0.1) is 0 Å². The van der Waals surface area contributed by atoms with Crippen molar-refractivity contribution in [1.82, 2.24) is 5.32 Å². The third-order valence-corrected chi connectivity index (χ3v) is 18.7. The van der Waals surface area contributed by atoms with E-state index >= 15 is 4.79 Å². The molecule has 10 rings (SSSR count). The molecule has 7 fully saturated rings. The number of phenols is 1. The quantitative estimate of drug-likeness (QED) is 0.119. The molecule has 2 aromatic carbocycles. The number of hydrogen-bond acceptors (Lipinski definition) is 8. The van der Waals surface area contributed by atoms with E-state index in [1.54, 1.807) is 6.07 Å². The Bertz CT molecular complexity index is 2090. The van der Waals surface area contributed by atoms with Gasteiger partial charge in [0.05, 0.1) is 23.2 Å². The molecule has 1 saturated heterocycles. The fraction of sp³-hybridized carbons (Fsp3) is 0.686. The van der Waals surface area contributed by atoms with Crippen LogP contribution in [0.2, 0.25) is 0 Å². The maximum Gasteiger partial charge on any atom is 0.159 e. The van der Waals surface area contributed by atoms with E-state index in [1.165, 1.54) is 11.1 Å². The van der Waals surface area contributed by atoms with E-state index in [0.29, 0.717) is 44.1 Å². The molecule has 6 N–H and O–H groups in total. The molecule has 320 valence electrons. The van der Waals surface area contributed by atoms with Gasteiger partial charge in [0.1, 0.15) is 17.6 Å². The van der Waals surface area contributed by atoms with E-state index in [2.05, 4.69) is 65.9 Å². The Hall–Kier alpha value is -3.04. The molecule has 6 saturated carbocycles. The third kappa shape index (κ3) is 5.73. The molecule has 2 aromatic rings. The summed E-state index contributed by atoms with van der Waals surface area (Å²) in [6.45, 7) is 18.2. The number of ketones is 2. The number of allylic oxidation sites excluding steroid dienone is 2. The number of nitrogens with two attached hydrogens (primary N) is 1. The number of phenolic OH excluding ortho intramolecular Hbond substituents is 1. The second-order valence-corrected chi connectivity index (χ2v) is 22.4. The molecule has 0 amide bonds. The normalized spacial score (nSPS) is 43.5. The summed E-state index contributed by atoms with van der Waals surface area (Å²) in [4.78, 5) is 29.8. The number of hydrogen-bond donors (Lipinski definition) is 5. The van der Waals surface area contributed by atoms with Gasteiger partial charge < -0.3 is 31.1 Å². The zero-order chi connectivity index (χ0) is 42.3. The Morgan fingerprint density at radius 2 is 1.68 bits per heavy atom. The number of β-amino-alcohol motifs (C(OH)–C–C–N with tert-alkyl or cyclic N) is 1. The molecule has 8 heteroatoms. The number of fused-ring (bicyclic) bond motifs is 5. The first-order valence-corrected chi connectivity index (χ1v) is 22.9. The highest BCUT2D eigenvalue weighted by molar-refractivity contribution is 6.01. The molecular formula is C51H70N2O6. The van der Waals surface area contributed by atoms with Gasteiger partial charge in [0.2, 0.25) is 0 Å². The van der Waals surface area contributed by atoms with Gasteiger partial charge in [0.25, 0.3) is 0 Å². The summed E-state index contributed by atoms with van der Waals surface area (Å²) < 4.78 is 6.50. The van der Waals surface area contributed by atoms with Gasteiger partial charge in [-0.2, -0.15) is 0 Å². The van der Waals surface area contributed by atoms with E-state index in [9.17, 15) is 20.1 Å². The van der Waals surface area contributed by atoms with Crippen LogP contribution < -0.4 is 11.1 Å². The number of carbonyl (C=O) groups excluding carboxylic acids is 2. The minimum Gasteiger partial charge on any atom is -0.508 e. The highest BCUT2D eigenvalue weighted by Crippen LogP contribution is 2.79. The van der Waals surface area contributed by atoms with Gasteiger partial charge in [-0.05, 0) is 153 Å². The number of anilines is 1. The van der Waals surface area contributed by atoms with E-state index in [1.807, 2.05) is 37.3 Å². The van der Waals surface area contributed by atoms with Crippen molar-refractivity contribution in [2.24, 2.45) is 45.3 Å². The predicted octanol–water partition coefficient (Wildman–Crippen LogP) is 8.56. The second kappa shape index (κ2) is 13.5. The number of benzene rings is 2. The van der Waals surface area contributed by atoms with Gasteiger partial charge in [-0.25, -0.2) is 0 Å². The predicted molar refractivity (Wildman–Crippen MR) is 231 cm³/mol. The van der Waals surface area contributed by atoms with Crippen LogP contribution in [-0.2, 0) is 19.7 Å². The van der Waals surface area contributed by atoms with Crippen molar-refractivity contribution >= 4 is 17.3 Å². The molecule has 8 nitrogen and oxygen atoms in total. The number of ether oxygens (including phenoxy) is 1. The molecule has 0 spiro atoms. The van der Waals surface area contributed by atoms with Crippen molar-refractivity contribution in [3.63, 3.8) is 0 Å². The highest BCUT2D eigenvalue weighted by atomic mass is 16.6. The maximum atomic E-state index is 15.2. The first-order valence-electron chi connectivity index (χ1n) is 22.9. The molecule has 4 bridgehead atoms. The molecule has 1 aliphatic heterocycles. The second-order valence-electron chi connectivity index (χ2n) is 22.4. The van der Waals surface area contributed by atoms with Crippen LogP contribution >= 0.6 is 0 Å². The molecule has 59 heavy (non-hydrogen) atoms. The van der Waals surface area contributed by atoms with Crippen molar-refractivity contribution in [2.75, 3.05) is 12.3 Å². The lowest BCUT2D eigenvalue weighted by atomic mass is 9.32. The van der Waals surface area contributed by atoms with Gasteiger partial charge in [0, 0.05) is 35.0 Å². The minimum atomic E-state index is -0.752. The summed E-state index contributed by atoms with van der Waals surface area (Å²) in [5.41, 5.74) is 8.11. The van der Waals surface area contributed by atoms with Crippen LogP contribution in [0.4, 0.5) is 5.69 Å². The average molecular weight is 807 g/mol. The summed E-state index contributed by atoms with van der Waals surface area (Å²) >= 11 is 0. The number of aliphatic hydroxyl groups is 2. The number of aliphatic hydroxyl groups excluding tert-OH is 2. The van der Waals surface area contributed by atoms with Crippen molar-refractivity contribution < 1.29 is 29.6 Å². The Labute approximate surface area is 352 Å². The van der Waals surface area contributed by atoms with Gasteiger partial charge in [-0.3, -0.25) is 9.59 Å². The first kappa shape index (κ1) is 41.3. The topological polar surface area (TPSA) is 145 Å². The number of nitrogens with one attached hydrogen (secondary N) is 1. The summed E-state index contributed by atoms with van der Waals surface area (Å²) in [5, 5.41) is 37.5. The Morgan fingerprint density at radius 1 is 0.932 bits per heavy atom. The molecule has 0 aromatic heterocycles. The van der Waals surface area contributed by atoms with E-state index in [0.717, 1.165) is 61.8 Å². The molecule has 7 aliphatic carbocycles. The number of epoxide rings is 1. The molecule has 0 radical (unpaired) electrons. The SMILES string of the molecule is C[C@H](O)CN[C@@]12CC[C@]3(c4cccc(O)c4)C[C@](C)(C4CCC5=C([C@H](C)C[C@@H](O)[C@@H]6O[C@]6(C)[C@H]6CCC[C@H]6c6cccc(N)c6)C(=O)C[C@]5(C)[C@@]4(C)C1)[C@@H]2C(C)(C)C3=O. The lowest BCUT2D eigenvalue weighted by Gasteiger charge is -2.73. The number of nitrogen functional groups attached to an aromatic ring is 1. The number of carbonyl (C=O) groups is 2. The Morgan fingerprint density at radius 3 is 2.39 bits per heavy atom. The first-order chi connectivity index (χ1) is 27.7. The van der Waals surface area contributed by atoms with Crippen LogP contribution in [0.25, 0.3) is 0 Å². The summed E-state index contributed by atoms with van der Waals surface area (Å²) in [6, 6.07) is 15.7. The van der Waals surface area contributed by atoms with Crippen LogP contribution in [0.3, 0.4) is 0 Å². The van der Waals surface area contributed by atoms with E-state index in [4.69, 9.17) is 10.5 Å². The average Bonchev–Trinajstić information content (AvgIpc) is 3.51. The van der Waals surface area contributed by atoms with Crippen molar-refractivity contribution in [3.8, 4) is 5.75 Å². The van der Waals surface area contributed by atoms with Crippen molar-refractivity contribution in [2.45, 2.75) is 167 Å². The molecule has 8 aliphatic rings. The summed E-state index contributed by atoms with van der Waals surface area (Å²) in [5.74, 6) is 1.48. The van der Waals surface area contributed by atoms with Crippen LogP contribution in [-0.4, -0.2) is 62.9 Å². The maximum absolute atomic E-state index is 15.2. The number of rotatable bonds is 10. The fourth-order valence-corrected chi connectivity index (χ4v) is 16.8.